The number of carboxylic acids is 1. The summed E-state index contributed by atoms with van der Waals surface area (Å²) < 4.78 is 4.48. The van der Waals surface area contributed by atoms with Crippen LogP contribution in [0.2, 0.25) is 0 Å². The molecule has 2 atom stereocenters. The molecule has 0 saturated carbocycles. The summed E-state index contributed by atoms with van der Waals surface area (Å²) >= 11 is 0. The largest absolute Gasteiger partial charge is 0.478 e. The van der Waals surface area contributed by atoms with Crippen molar-refractivity contribution in [2.24, 2.45) is 0 Å². The standard InChI is InChI=1S/C12H13NO8/c1-2-21-12(18)10(15)9(14)8-6(11(16)17)4-3-5-7(8)13(19)20/h3-5,9-10,14-15H,2H2,1H3,(H,16,17). The number of carboxylic acid groups (broad SMARTS) is 1. The number of nitrogens with zero attached hydrogens (tertiary/aromatic N) is 1. The van der Waals surface area contributed by atoms with Crippen LogP contribution in [0.5, 0.6) is 0 Å². The molecular weight excluding hydrogens is 286 g/mol. The van der Waals surface area contributed by atoms with Gasteiger partial charge in [0.15, 0.2) is 6.10 Å². The molecule has 0 bridgehead atoms. The predicted octanol–water partition coefficient (Wildman–Crippen LogP) is 0.250. The molecule has 0 saturated heterocycles. The summed E-state index contributed by atoms with van der Waals surface area (Å²) in [6, 6.07) is 3.10. The minimum absolute atomic E-state index is 0.0781. The lowest BCUT2D eigenvalue weighted by Gasteiger charge is -2.18. The number of nitro benzene ring substituents is 1. The van der Waals surface area contributed by atoms with Gasteiger partial charge in [-0.2, -0.15) is 0 Å². The van der Waals surface area contributed by atoms with E-state index in [4.69, 9.17) is 5.11 Å². The van der Waals surface area contributed by atoms with E-state index in [1.54, 1.807) is 0 Å². The van der Waals surface area contributed by atoms with Crippen molar-refractivity contribution < 1.29 is 34.6 Å². The molecule has 1 aromatic carbocycles. The minimum Gasteiger partial charge on any atom is -0.478 e. The second-order valence-corrected chi connectivity index (χ2v) is 3.94. The molecule has 0 heterocycles. The van der Waals surface area contributed by atoms with Gasteiger partial charge in [-0.15, -0.1) is 0 Å². The molecule has 114 valence electrons. The Balaban J connectivity index is 3.35. The summed E-state index contributed by atoms with van der Waals surface area (Å²) in [6.07, 6.45) is -4.24. The Kier molecular flexibility index (Phi) is 5.33. The van der Waals surface area contributed by atoms with E-state index in [0.717, 1.165) is 18.2 Å². The molecule has 21 heavy (non-hydrogen) atoms. The minimum atomic E-state index is -2.14. The van der Waals surface area contributed by atoms with E-state index in [-0.39, 0.29) is 6.61 Å². The third-order valence-corrected chi connectivity index (χ3v) is 2.63. The Bertz CT molecular complexity index is 538. The first-order chi connectivity index (χ1) is 9.81. The zero-order valence-electron chi connectivity index (χ0n) is 10.9. The summed E-state index contributed by atoms with van der Waals surface area (Å²) in [6.45, 7) is 1.38. The molecule has 0 spiro atoms. The van der Waals surface area contributed by atoms with Crippen LogP contribution in [-0.4, -0.2) is 44.9 Å². The molecule has 0 aliphatic rings. The molecule has 9 heteroatoms. The summed E-state index contributed by atoms with van der Waals surface area (Å²) in [5.41, 5.74) is -1.96. The van der Waals surface area contributed by atoms with Crippen molar-refractivity contribution in [3.8, 4) is 0 Å². The highest BCUT2D eigenvalue weighted by Gasteiger charge is 2.35. The van der Waals surface area contributed by atoms with E-state index >= 15 is 0 Å². The third-order valence-electron chi connectivity index (χ3n) is 2.63. The van der Waals surface area contributed by atoms with E-state index in [1.165, 1.54) is 6.92 Å². The molecule has 0 aliphatic carbocycles. The normalized spacial score (nSPS) is 13.3. The monoisotopic (exact) mass is 299 g/mol. The maximum absolute atomic E-state index is 11.4. The first-order valence-electron chi connectivity index (χ1n) is 5.84. The summed E-state index contributed by atoms with van der Waals surface area (Å²) in [7, 11) is 0. The van der Waals surface area contributed by atoms with Crippen LogP contribution in [0.4, 0.5) is 5.69 Å². The fourth-order valence-corrected chi connectivity index (χ4v) is 1.72. The highest BCUT2D eigenvalue weighted by Crippen LogP contribution is 2.31. The number of rotatable bonds is 6. The fraction of sp³-hybridized carbons (Fsp3) is 0.333. The number of aliphatic hydroxyl groups excluding tert-OH is 2. The SMILES string of the molecule is CCOC(=O)C(O)C(O)c1c(C(=O)O)cccc1[N+](=O)[O-]. The Hall–Kier alpha value is -2.52. The van der Waals surface area contributed by atoms with Crippen LogP contribution in [0.15, 0.2) is 18.2 Å². The van der Waals surface area contributed by atoms with Crippen molar-refractivity contribution in [2.45, 2.75) is 19.1 Å². The van der Waals surface area contributed by atoms with Crippen LogP contribution in [0.25, 0.3) is 0 Å². The van der Waals surface area contributed by atoms with Gasteiger partial charge in [0.25, 0.3) is 5.69 Å². The number of carbonyl (C=O) groups excluding carboxylic acids is 1. The Morgan fingerprint density at radius 1 is 1.38 bits per heavy atom. The van der Waals surface area contributed by atoms with Gasteiger partial charge in [0.2, 0.25) is 0 Å². The van der Waals surface area contributed by atoms with Crippen molar-refractivity contribution in [2.75, 3.05) is 6.61 Å². The highest BCUT2D eigenvalue weighted by atomic mass is 16.6. The lowest BCUT2D eigenvalue weighted by atomic mass is 9.96. The van der Waals surface area contributed by atoms with Crippen LogP contribution in [0.3, 0.4) is 0 Å². The maximum atomic E-state index is 11.4. The van der Waals surface area contributed by atoms with Crippen molar-refractivity contribution in [1.29, 1.82) is 0 Å². The number of esters is 1. The molecule has 0 aliphatic heterocycles. The number of nitro groups is 1. The number of hydrogen-bond donors (Lipinski definition) is 3. The van der Waals surface area contributed by atoms with E-state index in [9.17, 15) is 29.9 Å². The average Bonchev–Trinajstić information content (AvgIpc) is 2.44. The van der Waals surface area contributed by atoms with Crippen LogP contribution >= 0.6 is 0 Å². The summed E-state index contributed by atoms with van der Waals surface area (Å²) in [5.74, 6) is -2.75. The van der Waals surface area contributed by atoms with E-state index < -0.39 is 45.9 Å². The Morgan fingerprint density at radius 3 is 2.48 bits per heavy atom. The van der Waals surface area contributed by atoms with Crippen LogP contribution in [-0.2, 0) is 9.53 Å². The molecule has 0 amide bonds. The number of carbonyl (C=O) groups is 2. The molecule has 0 fully saturated rings. The van der Waals surface area contributed by atoms with E-state index in [1.807, 2.05) is 0 Å². The van der Waals surface area contributed by atoms with Crippen LogP contribution in [0, 0.1) is 10.1 Å². The summed E-state index contributed by atoms with van der Waals surface area (Å²) in [5, 5.41) is 39.5. The Labute approximate surface area is 118 Å². The van der Waals surface area contributed by atoms with Gasteiger partial charge in [0, 0.05) is 6.07 Å². The molecule has 1 aromatic rings. The number of benzene rings is 1. The Morgan fingerprint density at radius 2 is 2.00 bits per heavy atom. The second-order valence-electron chi connectivity index (χ2n) is 3.94. The predicted molar refractivity (Wildman–Crippen MR) is 67.7 cm³/mol. The van der Waals surface area contributed by atoms with Gasteiger partial charge in [0.05, 0.1) is 22.7 Å². The molecule has 0 aromatic heterocycles. The number of aromatic carboxylic acids is 1. The van der Waals surface area contributed by atoms with Gasteiger partial charge in [-0.05, 0) is 13.0 Å². The second kappa shape index (κ2) is 6.77. The zero-order chi connectivity index (χ0) is 16.2. The molecule has 9 nitrogen and oxygen atoms in total. The quantitative estimate of drug-likeness (QED) is 0.384. The average molecular weight is 299 g/mol. The molecule has 0 radical (unpaired) electrons. The maximum Gasteiger partial charge on any atom is 0.338 e. The zero-order valence-corrected chi connectivity index (χ0v) is 10.9. The number of ether oxygens (including phenoxy) is 1. The van der Waals surface area contributed by atoms with Crippen molar-refractivity contribution in [1.82, 2.24) is 0 Å². The summed E-state index contributed by atoms with van der Waals surface area (Å²) in [4.78, 5) is 32.5. The molecule has 2 unspecified atom stereocenters. The van der Waals surface area contributed by atoms with Gasteiger partial charge in [0.1, 0.15) is 6.10 Å². The molecule has 1 rings (SSSR count). The fourth-order valence-electron chi connectivity index (χ4n) is 1.72. The van der Waals surface area contributed by atoms with Gasteiger partial charge < -0.3 is 20.1 Å². The van der Waals surface area contributed by atoms with Gasteiger partial charge in [-0.3, -0.25) is 10.1 Å². The first-order valence-corrected chi connectivity index (χ1v) is 5.84. The van der Waals surface area contributed by atoms with E-state index in [2.05, 4.69) is 4.74 Å². The smallest absolute Gasteiger partial charge is 0.338 e. The van der Waals surface area contributed by atoms with Gasteiger partial charge in [-0.25, -0.2) is 9.59 Å². The van der Waals surface area contributed by atoms with Crippen LogP contribution in [0.1, 0.15) is 28.9 Å². The van der Waals surface area contributed by atoms with Crippen molar-refractivity contribution in [3.05, 3.63) is 39.4 Å². The van der Waals surface area contributed by atoms with Crippen LogP contribution < -0.4 is 0 Å². The third kappa shape index (κ3) is 3.52. The molecule has 3 N–H and O–H groups in total. The van der Waals surface area contributed by atoms with Crippen molar-refractivity contribution >= 4 is 17.6 Å². The van der Waals surface area contributed by atoms with Gasteiger partial charge >= 0.3 is 11.9 Å². The number of aliphatic hydroxyl groups is 2. The number of hydrogen-bond acceptors (Lipinski definition) is 7. The lowest BCUT2D eigenvalue weighted by molar-refractivity contribution is -0.386. The van der Waals surface area contributed by atoms with Gasteiger partial charge in [-0.1, -0.05) is 6.07 Å². The highest BCUT2D eigenvalue weighted by molar-refractivity contribution is 5.91. The lowest BCUT2D eigenvalue weighted by Crippen LogP contribution is -2.31. The first kappa shape index (κ1) is 16.5. The van der Waals surface area contributed by atoms with E-state index in [0.29, 0.717) is 0 Å². The molecular formula is C12H13NO8. The van der Waals surface area contributed by atoms with Crippen molar-refractivity contribution in [3.63, 3.8) is 0 Å². The topological polar surface area (TPSA) is 147 Å².